The largest absolute Gasteiger partial charge is 0.502 e. The van der Waals surface area contributed by atoms with Crippen molar-refractivity contribution in [3.63, 3.8) is 0 Å². The maximum atomic E-state index is 13.3. The number of hydrazone groups is 1. The van der Waals surface area contributed by atoms with E-state index in [2.05, 4.69) is 10.5 Å². The number of aromatic hydroxyl groups is 1. The van der Waals surface area contributed by atoms with Gasteiger partial charge in [0, 0.05) is 16.7 Å². The van der Waals surface area contributed by atoms with Crippen molar-refractivity contribution < 1.29 is 24.0 Å². The first-order valence-electron chi connectivity index (χ1n) is 6.74. The lowest BCUT2D eigenvalue weighted by Crippen LogP contribution is -2.24. The lowest BCUT2D eigenvalue weighted by molar-refractivity contribution is -0.385. The van der Waals surface area contributed by atoms with Gasteiger partial charge in [-0.3, -0.25) is 14.9 Å². The van der Waals surface area contributed by atoms with Crippen LogP contribution in [0, 0.1) is 15.9 Å². The number of nitro benzene ring substituents is 1. The molecule has 25 heavy (non-hydrogen) atoms. The molecule has 0 unspecified atom stereocenters. The molecular formula is C15H11ClFN3O5. The fourth-order valence-corrected chi connectivity index (χ4v) is 1.98. The summed E-state index contributed by atoms with van der Waals surface area (Å²) < 4.78 is 18.3. The van der Waals surface area contributed by atoms with E-state index in [1.54, 1.807) is 6.07 Å². The van der Waals surface area contributed by atoms with Crippen LogP contribution in [0.15, 0.2) is 41.5 Å². The van der Waals surface area contributed by atoms with Crippen LogP contribution in [0.1, 0.15) is 5.56 Å². The van der Waals surface area contributed by atoms with Crippen molar-refractivity contribution in [3.8, 4) is 11.5 Å². The predicted molar refractivity (Wildman–Crippen MR) is 87.4 cm³/mol. The third-order valence-electron chi connectivity index (χ3n) is 2.87. The average Bonchev–Trinajstić information content (AvgIpc) is 2.56. The third kappa shape index (κ3) is 4.88. The summed E-state index contributed by atoms with van der Waals surface area (Å²) in [6, 6.07) is 7.77. The van der Waals surface area contributed by atoms with Crippen molar-refractivity contribution in [2.24, 2.45) is 5.10 Å². The van der Waals surface area contributed by atoms with Crippen molar-refractivity contribution in [1.82, 2.24) is 5.43 Å². The molecule has 0 aliphatic rings. The Morgan fingerprint density at radius 2 is 2.16 bits per heavy atom. The molecule has 0 spiro atoms. The van der Waals surface area contributed by atoms with Crippen LogP contribution in [-0.2, 0) is 4.79 Å². The Bertz CT molecular complexity index is 844. The number of phenolic OH excluding ortho intramolecular Hbond substituents is 1. The van der Waals surface area contributed by atoms with Crippen molar-refractivity contribution in [2.75, 3.05) is 6.61 Å². The zero-order valence-electron chi connectivity index (χ0n) is 12.5. The third-order valence-corrected chi connectivity index (χ3v) is 3.09. The van der Waals surface area contributed by atoms with Gasteiger partial charge < -0.3 is 9.84 Å². The van der Waals surface area contributed by atoms with Gasteiger partial charge in [-0.2, -0.15) is 5.10 Å². The first-order valence-corrected chi connectivity index (χ1v) is 7.12. The van der Waals surface area contributed by atoms with E-state index in [1.165, 1.54) is 24.3 Å². The number of amides is 1. The minimum atomic E-state index is -0.806. The molecule has 0 heterocycles. The fourth-order valence-electron chi connectivity index (χ4n) is 1.75. The second-order valence-corrected chi connectivity index (χ2v) is 5.07. The lowest BCUT2D eigenvalue weighted by atomic mass is 10.2. The summed E-state index contributed by atoms with van der Waals surface area (Å²) in [5.74, 6) is -2.05. The predicted octanol–water partition coefficient (Wildman–Crippen LogP) is 2.62. The Labute approximate surface area is 145 Å². The maximum absolute atomic E-state index is 13.3. The minimum Gasteiger partial charge on any atom is -0.502 e. The number of halogens is 2. The van der Waals surface area contributed by atoms with E-state index in [4.69, 9.17) is 16.3 Å². The van der Waals surface area contributed by atoms with Gasteiger partial charge in [0.1, 0.15) is 0 Å². The van der Waals surface area contributed by atoms with Crippen LogP contribution in [0.3, 0.4) is 0 Å². The molecule has 0 radical (unpaired) electrons. The summed E-state index contributed by atoms with van der Waals surface area (Å²) in [4.78, 5) is 21.6. The Morgan fingerprint density at radius 3 is 2.84 bits per heavy atom. The van der Waals surface area contributed by atoms with Gasteiger partial charge in [-0.05, 0) is 18.2 Å². The molecule has 8 nitrogen and oxygen atoms in total. The molecule has 0 saturated heterocycles. The Morgan fingerprint density at radius 1 is 1.44 bits per heavy atom. The minimum absolute atomic E-state index is 0.0140. The number of benzene rings is 2. The Hall–Kier alpha value is -3.20. The number of nitro groups is 1. The molecule has 0 aliphatic heterocycles. The van der Waals surface area contributed by atoms with E-state index in [9.17, 15) is 24.4 Å². The molecule has 2 aromatic carbocycles. The van der Waals surface area contributed by atoms with E-state index in [0.717, 1.165) is 12.3 Å². The van der Waals surface area contributed by atoms with Crippen LogP contribution in [0.2, 0.25) is 5.02 Å². The number of carbonyl (C=O) groups is 1. The van der Waals surface area contributed by atoms with Gasteiger partial charge in [0.05, 0.1) is 11.1 Å². The van der Waals surface area contributed by atoms with Gasteiger partial charge >= 0.3 is 5.69 Å². The summed E-state index contributed by atoms with van der Waals surface area (Å²) in [6.45, 7) is -0.500. The molecule has 0 bridgehead atoms. The molecule has 0 aliphatic carbocycles. The van der Waals surface area contributed by atoms with E-state index in [1.807, 2.05) is 0 Å². The molecule has 1 amide bonds. The fraction of sp³-hybridized carbons (Fsp3) is 0.0667. The number of phenols is 1. The molecule has 0 atom stereocenters. The smallest absolute Gasteiger partial charge is 0.312 e. The molecule has 2 N–H and O–H groups in total. The zero-order valence-corrected chi connectivity index (χ0v) is 13.2. The normalized spacial score (nSPS) is 10.6. The first kappa shape index (κ1) is 18.1. The summed E-state index contributed by atoms with van der Waals surface area (Å²) in [6.07, 6.45) is 0.981. The van der Waals surface area contributed by atoms with E-state index < -0.39 is 34.7 Å². The standard InChI is InChI=1S/C15H11ClFN3O5/c16-10-5-9(15(22)12(6-10)20(23)24)7-18-19-14(21)8-25-13-4-2-1-3-11(13)17/h1-7,22H,8H2,(H,19,21)/b18-7+. The number of hydrogen-bond acceptors (Lipinski definition) is 6. The second kappa shape index (κ2) is 8.06. The highest BCUT2D eigenvalue weighted by molar-refractivity contribution is 6.31. The van der Waals surface area contributed by atoms with E-state index in [0.29, 0.717) is 0 Å². The zero-order chi connectivity index (χ0) is 18.4. The Balaban J connectivity index is 1.98. The monoisotopic (exact) mass is 367 g/mol. The number of carbonyl (C=O) groups excluding carboxylic acids is 1. The molecule has 0 saturated carbocycles. The van der Waals surface area contributed by atoms with Crippen molar-refractivity contribution in [1.29, 1.82) is 0 Å². The number of hydrogen-bond donors (Lipinski definition) is 2. The maximum Gasteiger partial charge on any atom is 0.312 e. The van der Waals surface area contributed by atoms with Gasteiger partial charge in [0.15, 0.2) is 18.2 Å². The van der Waals surface area contributed by atoms with Crippen LogP contribution in [0.25, 0.3) is 0 Å². The van der Waals surface area contributed by atoms with Crippen LogP contribution in [0.5, 0.6) is 11.5 Å². The van der Waals surface area contributed by atoms with Gasteiger partial charge in [-0.25, -0.2) is 9.82 Å². The quantitative estimate of drug-likeness (QED) is 0.462. The van der Waals surface area contributed by atoms with Gasteiger partial charge in [-0.1, -0.05) is 23.7 Å². The Kier molecular flexibility index (Phi) is 5.85. The molecule has 0 aromatic heterocycles. The number of rotatable bonds is 6. The summed E-state index contributed by atoms with van der Waals surface area (Å²) >= 11 is 5.72. The summed E-state index contributed by atoms with van der Waals surface area (Å²) in [5, 5.41) is 24.1. The lowest BCUT2D eigenvalue weighted by Gasteiger charge is -2.05. The van der Waals surface area contributed by atoms with Crippen molar-refractivity contribution in [2.45, 2.75) is 0 Å². The highest BCUT2D eigenvalue weighted by Gasteiger charge is 2.17. The highest BCUT2D eigenvalue weighted by atomic mass is 35.5. The molecule has 2 aromatic rings. The number of para-hydroxylation sites is 1. The molecule has 10 heteroatoms. The highest BCUT2D eigenvalue weighted by Crippen LogP contribution is 2.32. The number of ether oxygens (including phenoxy) is 1. The van der Waals surface area contributed by atoms with Crippen molar-refractivity contribution >= 4 is 29.4 Å². The van der Waals surface area contributed by atoms with Gasteiger partial charge in [-0.15, -0.1) is 0 Å². The van der Waals surface area contributed by atoms with Crippen LogP contribution in [-0.4, -0.2) is 28.8 Å². The van der Waals surface area contributed by atoms with Crippen LogP contribution < -0.4 is 10.2 Å². The first-order chi connectivity index (χ1) is 11.9. The van der Waals surface area contributed by atoms with Gasteiger partial charge in [0.2, 0.25) is 5.75 Å². The van der Waals surface area contributed by atoms with E-state index >= 15 is 0 Å². The van der Waals surface area contributed by atoms with E-state index in [-0.39, 0.29) is 16.3 Å². The molecule has 0 fully saturated rings. The topological polar surface area (TPSA) is 114 Å². The second-order valence-electron chi connectivity index (χ2n) is 4.63. The van der Waals surface area contributed by atoms with Crippen LogP contribution in [0.4, 0.5) is 10.1 Å². The number of nitrogens with one attached hydrogen (secondary N) is 1. The summed E-state index contributed by atoms with van der Waals surface area (Å²) in [7, 11) is 0. The summed E-state index contributed by atoms with van der Waals surface area (Å²) in [5.41, 5.74) is 1.42. The SMILES string of the molecule is O=C(COc1ccccc1F)N/N=C/c1cc(Cl)cc([N+](=O)[O-])c1O. The molecular weight excluding hydrogens is 357 g/mol. The number of nitrogens with zero attached hydrogens (tertiary/aromatic N) is 2. The van der Waals surface area contributed by atoms with Gasteiger partial charge in [0.25, 0.3) is 5.91 Å². The van der Waals surface area contributed by atoms with Crippen LogP contribution >= 0.6 is 11.6 Å². The average molecular weight is 368 g/mol. The molecule has 2 rings (SSSR count). The van der Waals surface area contributed by atoms with Crippen molar-refractivity contribution in [3.05, 3.63) is 62.9 Å². The molecule has 130 valence electrons.